The molecule has 1 N–H and O–H groups in total. The van der Waals surface area contributed by atoms with E-state index in [2.05, 4.69) is 0 Å². The number of fused-ring (bicyclic) bond motifs is 1. The van der Waals surface area contributed by atoms with Crippen molar-refractivity contribution >= 4 is 19.3 Å². The molecular weight excluding hydrogens is 283 g/mol. The van der Waals surface area contributed by atoms with Gasteiger partial charge in [-0.25, -0.2) is 0 Å². The third-order valence-corrected chi connectivity index (χ3v) is 5.99. The second kappa shape index (κ2) is 5.38. The summed E-state index contributed by atoms with van der Waals surface area (Å²) in [7, 11) is -3.93. The molecule has 1 aromatic rings. The maximum Gasteiger partial charge on any atom is 0.205 e. The van der Waals surface area contributed by atoms with Gasteiger partial charge < -0.3 is 24.7 Å². The van der Waals surface area contributed by atoms with Crippen molar-refractivity contribution in [3.63, 3.8) is 0 Å². The van der Waals surface area contributed by atoms with Gasteiger partial charge in [-0.15, -0.1) is 0 Å². The van der Waals surface area contributed by atoms with Crippen molar-refractivity contribution in [1.82, 2.24) is 0 Å². The summed E-state index contributed by atoms with van der Waals surface area (Å²) in [6, 6.07) is 6.66. The van der Waals surface area contributed by atoms with Crippen molar-refractivity contribution in [2.45, 2.75) is 24.4 Å². The number of carboxylic acids is 2. The minimum Gasteiger partial charge on any atom is -0.550 e. The number of carbonyl (C=O) groups excluding carboxylic acids is 2. The summed E-state index contributed by atoms with van der Waals surface area (Å²) in [5.74, 6) is -4.02. The molecule has 108 valence electrons. The van der Waals surface area contributed by atoms with Crippen molar-refractivity contribution in [3.05, 3.63) is 35.4 Å². The predicted octanol–water partition coefficient (Wildman–Crippen LogP) is -1.14. The molecule has 0 fully saturated rings. The highest BCUT2D eigenvalue weighted by Gasteiger charge is 2.43. The number of hydrogen-bond acceptors (Lipinski definition) is 5. The molecule has 6 nitrogen and oxygen atoms in total. The highest BCUT2D eigenvalue weighted by atomic mass is 31.2. The fourth-order valence-corrected chi connectivity index (χ4v) is 4.72. The van der Waals surface area contributed by atoms with Crippen LogP contribution in [0.3, 0.4) is 0 Å². The maximum absolute atomic E-state index is 12.3. The third-order valence-electron chi connectivity index (χ3n) is 3.61. The summed E-state index contributed by atoms with van der Waals surface area (Å²) >= 11 is 0. The molecule has 2 rings (SSSR count). The lowest BCUT2D eigenvalue weighted by Gasteiger charge is -2.26. The molecule has 0 bridgehead atoms. The zero-order valence-corrected chi connectivity index (χ0v) is 11.4. The first kappa shape index (κ1) is 14.8. The Balaban J connectivity index is 2.31. The van der Waals surface area contributed by atoms with E-state index in [0.29, 0.717) is 11.1 Å². The summed E-state index contributed by atoms with van der Waals surface area (Å²) in [4.78, 5) is 31.7. The quantitative estimate of drug-likeness (QED) is 0.686. The van der Waals surface area contributed by atoms with Crippen LogP contribution in [0.15, 0.2) is 24.3 Å². The molecule has 0 aliphatic heterocycles. The number of hydrogen-bond donors (Lipinski definition) is 1. The van der Waals surface area contributed by atoms with Crippen LogP contribution in [0, 0.1) is 0 Å². The minimum absolute atomic E-state index is 0.135. The van der Waals surface area contributed by atoms with Gasteiger partial charge in [0.25, 0.3) is 0 Å². The van der Waals surface area contributed by atoms with Gasteiger partial charge in [0.2, 0.25) is 7.37 Å². The number of rotatable bonds is 5. The van der Waals surface area contributed by atoms with Crippen LogP contribution in [0.1, 0.15) is 23.5 Å². The standard InChI is InChI=1S/C13H15O6P/c14-11(15)5-6-20(18,19)10-7-8-3-1-2-4-9(8)12(10)13(16)17/h1-4,10,12H,5-7H2,(H,14,15)(H,16,17)(H,18,19)/p-2/t10-,12+/m1/s1. The summed E-state index contributed by atoms with van der Waals surface area (Å²) < 4.78 is 12.3. The molecule has 1 aliphatic rings. The molecule has 1 aromatic carbocycles. The van der Waals surface area contributed by atoms with Gasteiger partial charge in [0.1, 0.15) is 0 Å². The summed E-state index contributed by atoms with van der Waals surface area (Å²) in [6.45, 7) is 0. The van der Waals surface area contributed by atoms with Crippen LogP contribution >= 0.6 is 7.37 Å². The lowest BCUT2D eigenvalue weighted by Crippen LogP contribution is -2.35. The maximum atomic E-state index is 12.3. The molecule has 0 radical (unpaired) electrons. The van der Waals surface area contributed by atoms with Crippen LogP contribution in [-0.2, 0) is 20.6 Å². The Morgan fingerprint density at radius 1 is 1.30 bits per heavy atom. The molecule has 0 amide bonds. The van der Waals surface area contributed by atoms with E-state index in [9.17, 15) is 29.3 Å². The van der Waals surface area contributed by atoms with Gasteiger partial charge in [0.05, 0.1) is 5.66 Å². The average molecular weight is 296 g/mol. The van der Waals surface area contributed by atoms with Gasteiger partial charge in [-0.3, -0.25) is 4.57 Å². The van der Waals surface area contributed by atoms with Gasteiger partial charge >= 0.3 is 0 Å². The van der Waals surface area contributed by atoms with Gasteiger partial charge in [0.15, 0.2) is 0 Å². The van der Waals surface area contributed by atoms with Crippen LogP contribution in [0.25, 0.3) is 0 Å². The van der Waals surface area contributed by atoms with E-state index in [-0.39, 0.29) is 6.42 Å². The molecule has 7 heteroatoms. The fourth-order valence-electron chi connectivity index (χ4n) is 2.65. The summed E-state index contributed by atoms with van der Waals surface area (Å²) in [5, 5.41) is 21.7. The molecular formula is C13H13O6P-2. The molecule has 1 aliphatic carbocycles. The van der Waals surface area contributed by atoms with E-state index in [1.165, 1.54) is 0 Å². The Hall–Kier alpha value is -1.65. The topological polar surface area (TPSA) is 118 Å². The van der Waals surface area contributed by atoms with E-state index in [0.717, 1.165) is 0 Å². The van der Waals surface area contributed by atoms with Crippen LogP contribution in [0.5, 0.6) is 0 Å². The van der Waals surface area contributed by atoms with E-state index in [1.54, 1.807) is 24.3 Å². The van der Waals surface area contributed by atoms with Gasteiger partial charge in [0, 0.05) is 24.0 Å². The molecule has 3 atom stereocenters. The van der Waals surface area contributed by atoms with Crippen LogP contribution in [0.2, 0.25) is 0 Å². The average Bonchev–Trinajstić information content (AvgIpc) is 2.76. The van der Waals surface area contributed by atoms with Crippen LogP contribution < -0.4 is 10.2 Å². The fraction of sp³-hybridized carbons (Fsp3) is 0.385. The Morgan fingerprint density at radius 2 is 1.95 bits per heavy atom. The van der Waals surface area contributed by atoms with Crippen LogP contribution in [-0.4, -0.2) is 28.7 Å². The third kappa shape index (κ3) is 2.76. The number of carbonyl (C=O) groups is 2. The number of carboxylic acid groups (broad SMARTS) is 2. The summed E-state index contributed by atoms with van der Waals surface area (Å²) in [5.41, 5.74) is 0.124. The zero-order valence-electron chi connectivity index (χ0n) is 10.5. The summed E-state index contributed by atoms with van der Waals surface area (Å²) in [6.07, 6.45) is -0.923. The zero-order chi connectivity index (χ0) is 14.9. The van der Waals surface area contributed by atoms with E-state index in [1.807, 2.05) is 0 Å². The van der Waals surface area contributed by atoms with Crippen LogP contribution in [0.4, 0.5) is 0 Å². The molecule has 0 spiro atoms. The Labute approximate surface area is 115 Å². The Bertz CT molecular complexity index is 596. The largest absolute Gasteiger partial charge is 0.550 e. The molecule has 0 saturated heterocycles. The smallest absolute Gasteiger partial charge is 0.205 e. The highest BCUT2D eigenvalue weighted by molar-refractivity contribution is 7.58. The molecule has 0 heterocycles. The molecule has 20 heavy (non-hydrogen) atoms. The van der Waals surface area contributed by atoms with Crippen molar-refractivity contribution < 1.29 is 29.3 Å². The van der Waals surface area contributed by atoms with E-state index >= 15 is 0 Å². The van der Waals surface area contributed by atoms with Crippen molar-refractivity contribution in [2.75, 3.05) is 6.16 Å². The molecule has 0 saturated carbocycles. The van der Waals surface area contributed by atoms with Gasteiger partial charge in [-0.1, -0.05) is 24.3 Å². The van der Waals surface area contributed by atoms with E-state index < -0.39 is 43.5 Å². The molecule has 1 unspecified atom stereocenters. The van der Waals surface area contributed by atoms with E-state index in [4.69, 9.17) is 0 Å². The first-order valence-electron chi connectivity index (χ1n) is 6.13. The highest BCUT2D eigenvalue weighted by Crippen LogP contribution is 2.56. The molecule has 0 aromatic heterocycles. The minimum atomic E-state index is -3.93. The first-order chi connectivity index (χ1) is 9.33. The Morgan fingerprint density at radius 3 is 2.55 bits per heavy atom. The lowest BCUT2D eigenvalue weighted by atomic mass is 10.0. The predicted molar refractivity (Wildman–Crippen MR) is 66.0 cm³/mol. The SMILES string of the molecule is O=C([O-])CCP(=O)(O)[C@@H]1Cc2ccccc2[C@@H]1C(=O)[O-]. The second-order valence-corrected chi connectivity index (χ2v) is 7.49. The normalized spacial score (nSPS) is 23.9. The van der Waals surface area contributed by atoms with Crippen molar-refractivity contribution in [2.24, 2.45) is 0 Å². The lowest BCUT2D eigenvalue weighted by molar-refractivity contribution is -0.308. The van der Waals surface area contributed by atoms with Gasteiger partial charge in [-0.05, 0) is 24.0 Å². The monoisotopic (exact) mass is 296 g/mol. The number of aliphatic carboxylic acids is 2. The van der Waals surface area contributed by atoms with Crippen molar-refractivity contribution in [3.8, 4) is 0 Å². The van der Waals surface area contributed by atoms with Crippen molar-refractivity contribution in [1.29, 1.82) is 0 Å². The second-order valence-electron chi connectivity index (χ2n) is 4.87. The number of benzene rings is 1. The Kier molecular flexibility index (Phi) is 3.97. The van der Waals surface area contributed by atoms with Gasteiger partial charge in [-0.2, -0.15) is 0 Å². The first-order valence-corrected chi connectivity index (χ1v) is 8.04.